The minimum Gasteiger partial charge on any atom is -0.328 e. The van der Waals surface area contributed by atoms with Gasteiger partial charge in [-0.2, -0.15) is 18.3 Å². The van der Waals surface area contributed by atoms with Crippen molar-refractivity contribution in [3.05, 3.63) is 35.5 Å². The van der Waals surface area contributed by atoms with E-state index in [9.17, 15) is 22.8 Å². The Morgan fingerprint density at radius 1 is 1.48 bits per heavy atom. The molecule has 10 heteroatoms. The van der Waals surface area contributed by atoms with Crippen LogP contribution in [0.15, 0.2) is 30.0 Å². The summed E-state index contributed by atoms with van der Waals surface area (Å²) in [7, 11) is 1.60. The molecule has 0 bridgehead atoms. The van der Waals surface area contributed by atoms with Crippen LogP contribution >= 0.6 is 0 Å². The third-order valence-electron chi connectivity index (χ3n) is 3.10. The van der Waals surface area contributed by atoms with Crippen LogP contribution in [-0.4, -0.2) is 49.4 Å². The number of amides is 1. The predicted octanol–water partition coefficient (Wildman–Crippen LogP) is 0.707. The molecule has 124 valence electrons. The number of halogens is 3. The Balaban J connectivity index is 2.26. The zero-order chi connectivity index (χ0) is 17.2. The second kappa shape index (κ2) is 6.23. The van der Waals surface area contributed by atoms with Gasteiger partial charge in [0.15, 0.2) is 5.65 Å². The second-order valence-corrected chi connectivity index (χ2v) is 4.86. The Labute approximate surface area is 128 Å². The molecule has 0 unspecified atom stereocenters. The molecule has 0 atom stereocenters. The molecule has 0 saturated carbocycles. The number of fused-ring (bicyclic) bond motifs is 1. The first-order valence-corrected chi connectivity index (χ1v) is 6.55. The smallest absolute Gasteiger partial charge is 0.328 e. The summed E-state index contributed by atoms with van der Waals surface area (Å²) in [4.78, 5) is 28.8. The van der Waals surface area contributed by atoms with E-state index in [1.807, 2.05) is 0 Å². The monoisotopic (exact) mass is 329 g/mol. The largest absolute Gasteiger partial charge is 0.406 e. The van der Waals surface area contributed by atoms with Crippen LogP contribution in [0.4, 0.5) is 13.2 Å². The molecule has 1 amide bonds. The average Bonchev–Trinajstić information content (AvgIpc) is 2.82. The molecule has 0 spiro atoms. The molecule has 0 aliphatic heterocycles. The predicted molar refractivity (Wildman–Crippen MR) is 75.6 cm³/mol. The molecule has 0 aliphatic carbocycles. The van der Waals surface area contributed by atoms with Crippen LogP contribution in [0, 0.1) is 0 Å². The van der Waals surface area contributed by atoms with Crippen LogP contribution in [0.5, 0.6) is 0 Å². The Morgan fingerprint density at radius 3 is 2.78 bits per heavy atom. The van der Waals surface area contributed by atoms with Gasteiger partial charge in [-0.25, -0.2) is 4.98 Å². The van der Waals surface area contributed by atoms with Crippen molar-refractivity contribution in [1.82, 2.24) is 24.2 Å². The number of aryl methyl sites for hydroxylation is 1. The Bertz CT molecular complexity index is 793. The second-order valence-electron chi connectivity index (χ2n) is 4.86. The molecule has 7 nitrogen and oxygen atoms in total. The third-order valence-corrected chi connectivity index (χ3v) is 3.10. The van der Waals surface area contributed by atoms with E-state index in [-0.39, 0.29) is 11.9 Å². The molecule has 0 aromatic carbocycles. The van der Waals surface area contributed by atoms with Gasteiger partial charge in [0.2, 0.25) is 5.91 Å². The van der Waals surface area contributed by atoms with Crippen LogP contribution in [0.2, 0.25) is 0 Å². The maximum atomic E-state index is 12.5. The number of carbonyl (C=O) groups is 1. The molecular weight excluding hydrogens is 315 g/mol. The summed E-state index contributed by atoms with van der Waals surface area (Å²) < 4.78 is 39.8. The van der Waals surface area contributed by atoms with Crippen molar-refractivity contribution in [1.29, 1.82) is 0 Å². The Morgan fingerprint density at radius 2 is 2.17 bits per heavy atom. The molecule has 2 heterocycles. The lowest BCUT2D eigenvalue weighted by Crippen LogP contribution is -2.42. The quantitative estimate of drug-likeness (QED) is 0.757. The van der Waals surface area contributed by atoms with Crippen molar-refractivity contribution >= 4 is 16.9 Å². The molecule has 0 fully saturated rings. The fourth-order valence-corrected chi connectivity index (χ4v) is 2.05. The highest BCUT2D eigenvalue weighted by molar-refractivity contribution is 5.77. The van der Waals surface area contributed by atoms with Crippen LogP contribution in [-0.2, 0) is 18.4 Å². The number of alkyl halides is 3. The molecule has 0 radical (unpaired) electrons. The number of rotatable bonds is 5. The molecule has 23 heavy (non-hydrogen) atoms. The van der Waals surface area contributed by atoms with Gasteiger partial charge in [0, 0.05) is 13.6 Å². The van der Waals surface area contributed by atoms with Crippen LogP contribution in [0.25, 0.3) is 11.0 Å². The maximum absolute atomic E-state index is 12.5. The summed E-state index contributed by atoms with van der Waals surface area (Å²) in [6, 6.07) is 0. The number of carbonyl (C=O) groups excluding carboxylic acids is 1. The Hall–Kier alpha value is -2.65. The molecule has 2 aromatic rings. The van der Waals surface area contributed by atoms with E-state index in [4.69, 9.17) is 0 Å². The van der Waals surface area contributed by atoms with E-state index in [1.54, 1.807) is 7.05 Å². The first kappa shape index (κ1) is 16.7. The van der Waals surface area contributed by atoms with Gasteiger partial charge in [-0.1, -0.05) is 6.08 Å². The molecular formula is C13H14F3N5O2. The maximum Gasteiger partial charge on any atom is 0.406 e. The third kappa shape index (κ3) is 3.76. The summed E-state index contributed by atoms with van der Waals surface area (Å²) in [5, 5.41) is 4.06. The van der Waals surface area contributed by atoms with Gasteiger partial charge in [0.25, 0.3) is 5.56 Å². The van der Waals surface area contributed by atoms with E-state index in [0.29, 0.717) is 10.5 Å². The highest BCUT2D eigenvalue weighted by Crippen LogP contribution is 2.16. The fraction of sp³-hybridized carbons (Fsp3) is 0.385. The van der Waals surface area contributed by atoms with Gasteiger partial charge in [-0.3, -0.25) is 18.8 Å². The van der Waals surface area contributed by atoms with Crippen LogP contribution in [0.3, 0.4) is 0 Å². The molecule has 2 rings (SSSR count). The lowest BCUT2D eigenvalue weighted by atomic mass is 10.4. The zero-order valence-electron chi connectivity index (χ0n) is 12.2. The standard InChI is InChI=1S/C13H14F3N5O2/c1-3-4-20(7-13(14,15)16)10(22)6-21-8-17-11-9(12(21)23)5-18-19(11)2/h3,5,8H,1,4,6-7H2,2H3. The van der Waals surface area contributed by atoms with Crippen molar-refractivity contribution in [2.75, 3.05) is 13.1 Å². The first-order valence-electron chi connectivity index (χ1n) is 6.55. The van der Waals surface area contributed by atoms with Gasteiger partial charge in [-0.05, 0) is 0 Å². The average molecular weight is 329 g/mol. The minimum absolute atomic E-state index is 0.189. The van der Waals surface area contributed by atoms with Gasteiger partial charge >= 0.3 is 6.18 Å². The van der Waals surface area contributed by atoms with Gasteiger partial charge in [0.05, 0.1) is 6.20 Å². The highest BCUT2D eigenvalue weighted by Gasteiger charge is 2.32. The van der Waals surface area contributed by atoms with Crippen molar-refractivity contribution < 1.29 is 18.0 Å². The van der Waals surface area contributed by atoms with Crippen molar-refractivity contribution in [2.24, 2.45) is 7.05 Å². The Kier molecular flexibility index (Phi) is 4.52. The van der Waals surface area contributed by atoms with E-state index in [2.05, 4.69) is 16.7 Å². The number of hydrogen-bond acceptors (Lipinski definition) is 4. The summed E-state index contributed by atoms with van der Waals surface area (Å²) in [5.41, 5.74) is -0.209. The SMILES string of the molecule is C=CCN(CC(F)(F)F)C(=O)Cn1cnc2c(cnn2C)c1=O. The summed E-state index contributed by atoms with van der Waals surface area (Å²) in [6.07, 6.45) is -0.934. The first-order chi connectivity index (χ1) is 10.7. The number of nitrogens with zero attached hydrogens (tertiary/aromatic N) is 5. The van der Waals surface area contributed by atoms with Crippen LogP contribution < -0.4 is 5.56 Å². The highest BCUT2D eigenvalue weighted by atomic mass is 19.4. The number of aromatic nitrogens is 4. The minimum atomic E-state index is -4.53. The van der Waals surface area contributed by atoms with Crippen LogP contribution in [0.1, 0.15) is 0 Å². The van der Waals surface area contributed by atoms with Gasteiger partial charge < -0.3 is 4.90 Å². The van der Waals surface area contributed by atoms with E-state index in [0.717, 1.165) is 10.9 Å². The molecule has 0 N–H and O–H groups in total. The zero-order valence-corrected chi connectivity index (χ0v) is 12.2. The molecule has 0 saturated heterocycles. The fourth-order valence-electron chi connectivity index (χ4n) is 2.05. The van der Waals surface area contributed by atoms with Gasteiger partial charge in [0.1, 0.15) is 24.8 Å². The summed E-state index contributed by atoms with van der Waals surface area (Å²) >= 11 is 0. The summed E-state index contributed by atoms with van der Waals surface area (Å²) in [5.74, 6) is -0.852. The molecule has 0 aliphatic rings. The molecule has 2 aromatic heterocycles. The van der Waals surface area contributed by atoms with E-state index < -0.39 is 30.7 Å². The summed E-state index contributed by atoms with van der Waals surface area (Å²) in [6.45, 7) is 1.11. The van der Waals surface area contributed by atoms with Crippen molar-refractivity contribution in [3.8, 4) is 0 Å². The topological polar surface area (TPSA) is 73.0 Å². The lowest BCUT2D eigenvalue weighted by molar-refractivity contribution is -0.160. The van der Waals surface area contributed by atoms with Gasteiger partial charge in [-0.15, -0.1) is 6.58 Å². The van der Waals surface area contributed by atoms with E-state index in [1.165, 1.54) is 17.0 Å². The number of hydrogen-bond donors (Lipinski definition) is 0. The van der Waals surface area contributed by atoms with Crippen molar-refractivity contribution in [2.45, 2.75) is 12.7 Å². The van der Waals surface area contributed by atoms with E-state index >= 15 is 0 Å². The van der Waals surface area contributed by atoms with Crippen molar-refractivity contribution in [3.63, 3.8) is 0 Å². The normalized spacial score (nSPS) is 11.7. The lowest BCUT2D eigenvalue weighted by Gasteiger charge is -2.22.